The lowest BCUT2D eigenvalue weighted by Gasteiger charge is -2.36. The Kier molecular flexibility index (Phi) is 5.83. The number of rotatable bonds is 5. The molecule has 7 nitrogen and oxygen atoms in total. The van der Waals surface area contributed by atoms with Crippen molar-refractivity contribution < 1.29 is 13.9 Å². The summed E-state index contributed by atoms with van der Waals surface area (Å²) in [5.74, 6) is 0.274. The van der Waals surface area contributed by atoms with Crippen molar-refractivity contribution >= 4 is 40.2 Å². The third-order valence-electron chi connectivity index (χ3n) is 6.48. The first-order chi connectivity index (χ1) is 16.4. The third-order valence-corrected chi connectivity index (χ3v) is 6.88. The number of halogens is 1. The van der Waals surface area contributed by atoms with Gasteiger partial charge in [0.05, 0.1) is 25.0 Å². The van der Waals surface area contributed by atoms with E-state index in [0.717, 1.165) is 41.0 Å². The predicted octanol–water partition coefficient (Wildman–Crippen LogP) is 4.46. The summed E-state index contributed by atoms with van der Waals surface area (Å²) in [4.78, 5) is 15.8. The number of ketones is 1. The first-order valence-electron chi connectivity index (χ1n) is 11.2. The summed E-state index contributed by atoms with van der Waals surface area (Å²) in [6.45, 7) is 6.92. The van der Waals surface area contributed by atoms with Gasteiger partial charge in [-0.1, -0.05) is 0 Å². The highest BCUT2D eigenvalue weighted by atomic mass is 32.1. The Hall–Kier alpha value is -3.30. The van der Waals surface area contributed by atoms with Gasteiger partial charge in [-0.3, -0.25) is 14.1 Å². The van der Waals surface area contributed by atoms with Gasteiger partial charge in [0, 0.05) is 43.2 Å². The Labute approximate surface area is 202 Å². The monoisotopic (exact) mass is 479 g/mol. The summed E-state index contributed by atoms with van der Waals surface area (Å²) < 4.78 is 24.5. The van der Waals surface area contributed by atoms with Gasteiger partial charge in [-0.25, -0.2) is 9.07 Å². The molecule has 0 aliphatic carbocycles. The molecule has 1 aliphatic rings. The first kappa shape index (κ1) is 22.5. The summed E-state index contributed by atoms with van der Waals surface area (Å²) in [6, 6.07) is 12.7. The predicted molar refractivity (Wildman–Crippen MR) is 133 cm³/mol. The van der Waals surface area contributed by atoms with Crippen LogP contribution >= 0.6 is 12.2 Å². The van der Waals surface area contributed by atoms with Crippen LogP contribution < -0.4 is 9.64 Å². The van der Waals surface area contributed by atoms with E-state index in [1.807, 2.05) is 38.2 Å². The van der Waals surface area contributed by atoms with E-state index in [1.165, 1.54) is 13.0 Å². The zero-order chi connectivity index (χ0) is 24.0. The van der Waals surface area contributed by atoms with Crippen molar-refractivity contribution in [3.63, 3.8) is 0 Å². The average Bonchev–Trinajstić information content (AvgIpc) is 3.14. The molecule has 2 aromatic carbocycles. The summed E-state index contributed by atoms with van der Waals surface area (Å²) in [5, 5.41) is 5.88. The molecular weight excluding hydrogens is 453 g/mol. The van der Waals surface area contributed by atoms with Gasteiger partial charge in [0.15, 0.2) is 11.4 Å². The van der Waals surface area contributed by atoms with Crippen LogP contribution in [0.15, 0.2) is 42.5 Å². The number of anilines is 1. The number of hydrogen-bond acceptors (Lipinski definition) is 6. The molecule has 1 saturated heterocycles. The van der Waals surface area contributed by atoms with Crippen molar-refractivity contribution in [3.05, 3.63) is 64.2 Å². The van der Waals surface area contributed by atoms with E-state index in [-0.39, 0.29) is 11.6 Å². The summed E-state index contributed by atoms with van der Waals surface area (Å²) >= 11 is 5.80. The van der Waals surface area contributed by atoms with Gasteiger partial charge >= 0.3 is 0 Å². The van der Waals surface area contributed by atoms with Crippen molar-refractivity contribution in [2.24, 2.45) is 0 Å². The number of piperazine rings is 1. The number of fused-ring (bicyclic) bond motifs is 3. The molecule has 1 aliphatic heterocycles. The Morgan fingerprint density at radius 3 is 2.56 bits per heavy atom. The molecule has 34 heavy (non-hydrogen) atoms. The van der Waals surface area contributed by atoms with Crippen molar-refractivity contribution in [3.8, 4) is 5.75 Å². The molecule has 0 atom stereocenters. The zero-order valence-corrected chi connectivity index (χ0v) is 20.2. The average molecular weight is 480 g/mol. The van der Waals surface area contributed by atoms with Gasteiger partial charge in [-0.05, 0) is 68.0 Å². The molecule has 5 rings (SSSR count). The first-order valence-corrected chi connectivity index (χ1v) is 11.6. The number of carbonyl (C=O) groups excluding carboxylic acids is 1. The van der Waals surface area contributed by atoms with Gasteiger partial charge in [0.1, 0.15) is 11.6 Å². The molecule has 1 fully saturated rings. The van der Waals surface area contributed by atoms with Crippen LogP contribution in [0, 0.1) is 17.5 Å². The SMILES string of the molecule is COc1ccc2c(C)cc3nn(CN4CCN(c5ccc(C(C)=O)cc5F)CC4)c(=S)n3c2c1. The maximum atomic E-state index is 14.6. The van der Waals surface area contributed by atoms with E-state index < -0.39 is 0 Å². The number of carbonyl (C=O) groups is 1. The normalized spacial score (nSPS) is 14.8. The van der Waals surface area contributed by atoms with Crippen LogP contribution in [0.25, 0.3) is 16.6 Å². The Morgan fingerprint density at radius 1 is 1.12 bits per heavy atom. The highest BCUT2D eigenvalue weighted by Crippen LogP contribution is 2.26. The minimum Gasteiger partial charge on any atom is -0.497 e. The summed E-state index contributed by atoms with van der Waals surface area (Å²) in [6.07, 6.45) is 0. The second-order valence-electron chi connectivity index (χ2n) is 8.66. The highest BCUT2D eigenvalue weighted by Gasteiger charge is 2.21. The number of Topliss-reactive ketones (excluding diaryl/α,β-unsaturated/α-hetero) is 1. The molecule has 2 aromatic heterocycles. The van der Waals surface area contributed by atoms with Gasteiger partial charge in [-0.15, -0.1) is 0 Å². The number of pyridine rings is 1. The number of nitrogens with zero attached hydrogens (tertiary/aromatic N) is 5. The number of aromatic nitrogens is 3. The topological polar surface area (TPSA) is 55.0 Å². The molecule has 0 N–H and O–H groups in total. The van der Waals surface area contributed by atoms with E-state index in [1.54, 1.807) is 19.2 Å². The molecule has 176 valence electrons. The second-order valence-corrected chi connectivity index (χ2v) is 9.02. The quantitative estimate of drug-likeness (QED) is 0.311. The smallest absolute Gasteiger partial charge is 0.204 e. The standard InChI is InChI=1S/C25H26FN5O2S/c1-16-12-24-27-30(25(34)31(24)23-14-19(33-3)5-6-20(16)23)15-28-8-10-29(11-9-28)22-7-4-18(17(2)32)13-21(22)26/h4-7,12-14H,8-11,15H2,1-3H3. The van der Waals surface area contributed by atoms with Crippen LogP contribution in [0.4, 0.5) is 10.1 Å². The summed E-state index contributed by atoms with van der Waals surface area (Å²) in [7, 11) is 1.65. The molecule has 3 heterocycles. The van der Waals surface area contributed by atoms with Gasteiger partial charge in [0.25, 0.3) is 0 Å². The largest absolute Gasteiger partial charge is 0.497 e. The zero-order valence-electron chi connectivity index (χ0n) is 19.4. The number of ether oxygens (including phenoxy) is 1. The fourth-order valence-electron chi connectivity index (χ4n) is 4.57. The number of aryl methyl sites for hydroxylation is 1. The maximum absolute atomic E-state index is 14.6. The van der Waals surface area contributed by atoms with Crippen molar-refractivity contribution in [1.82, 2.24) is 19.1 Å². The van der Waals surface area contributed by atoms with E-state index >= 15 is 0 Å². The number of hydrogen-bond donors (Lipinski definition) is 0. The Bertz CT molecular complexity index is 1470. The van der Waals surface area contributed by atoms with E-state index in [4.69, 9.17) is 22.1 Å². The van der Waals surface area contributed by atoms with Crippen molar-refractivity contribution in [2.75, 3.05) is 38.2 Å². The lowest BCUT2D eigenvalue weighted by atomic mass is 10.1. The lowest BCUT2D eigenvalue weighted by molar-refractivity contribution is 0.101. The molecule has 0 radical (unpaired) electrons. The van der Waals surface area contributed by atoms with Crippen molar-refractivity contribution in [1.29, 1.82) is 0 Å². The Morgan fingerprint density at radius 2 is 1.88 bits per heavy atom. The molecule has 0 unspecified atom stereocenters. The molecule has 9 heteroatoms. The van der Waals surface area contributed by atoms with E-state index in [0.29, 0.717) is 35.8 Å². The molecule has 0 bridgehead atoms. The van der Waals surface area contributed by atoms with Gasteiger partial charge < -0.3 is 9.64 Å². The number of methoxy groups -OCH3 is 1. The highest BCUT2D eigenvalue weighted by molar-refractivity contribution is 7.71. The van der Waals surface area contributed by atoms with E-state index in [9.17, 15) is 9.18 Å². The summed E-state index contributed by atoms with van der Waals surface area (Å²) in [5.41, 5.74) is 3.82. The van der Waals surface area contributed by atoms with Gasteiger partial charge in [0.2, 0.25) is 4.77 Å². The minimum absolute atomic E-state index is 0.138. The molecule has 0 spiro atoms. The molecule has 0 saturated carbocycles. The molecule has 4 aromatic rings. The number of benzene rings is 2. The van der Waals surface area contributed by atoms with E-state index in [2.05, 4.69) is 11.8 Å². The maximum Gasteiger partial charge on any atom is 0.204 e. The molecular formula is C25H26FN5O2S. The minimum atomic E-state index is -0.360. The second kappa shape index (κ2) is 8.81. The third kappa shape index (κ3) is 3.95. The lowest BCUT2D eigenvalue weighted by Crippen LogP contribution is -2.47. The fourth-order valence-corrected chi connectivity index (χ4v) is 4.86. The van der Waals surface area contributed by atoms with Crippen LogP contribution in [-0.2, 0) is 6.67 Å². The van der Waals surface area contributed by atoms with Crippen LogP contribution in [0.2, 0.25) is 0 Å². The van der Waals surface area contributed by atoms with Crippen LogP contribution in [-0.4, -0.2) is 58.2 Å². The van der Waals surface area contributed by atoms with Crippen LogP contribution in [0.5, 0.6) is 5.75 Å². The van der Waals surface area contributed by atoms with Crippen LogP contribution in [0.1, 0.15) is 22.8 Å². The molecule has 0 amide bonds. The fraction of sp³-hybridized carbons (Fsp3) is 0.320. The van der Waals surface area contributed by atoms with Crippen molar-refractivity contribution in [2.45, 2.75) is 20.5 Å². The van der Waals surface area contributed by atoms with Gasteiger partial charge in [-0.2, -0.15) is 5.10 Å². The van der Waals surface area contributed by atoms with Crippen LogP contribution in [0.3, 0.4) is 0 Å². The Balaban J connectivity index is 1.37.